The standard InChI is InChI=1S/C17H20BrFN2/c1-17(2,13-8-4-3-5-9-13)15(21-20)11-12-7-6-10-14(19)16(12)18/h3-10,15,21H,11,20H2,1-2H3. The fraction of sp³-hybridized carbons (Fsp3) is 0.294. The van der Waals surface area contributed by atoms with Gasteiger partial charge in [-0.15, -0.1) is 0 Å². The Bertz CT molecular complexity index is 599. The van der Waals surface area contributed by atoms with Crippen LogP contribution in [0.15, 0.2) is 53.0 Å². The molecule has 2 nitrogen and oxygen atoms in total. The van der Waals surface area contributed by atoms with E-state index in [1.54, 1.807) is 6.07 Å². The zero-order valence-corrected chi connectivity index (χ0v) is 13.8. The largest absolute Gasteiger partial charge is 0.271 e. The monoisotopic (exact) mass is 350 g/mol. The third-order valence-electron chi connectivity index (χ3n) is 4.05. The molecule has 2 aromatic rings. The van der Waals surface area contributed by atoms with E-state index in [-0.39, 0.29) is 17.3 Å². The summed E-state index contributed by atoms with van der Waals surface area (Å²) in [6.45, 7) is 4.28. The van der Waals surface area contributed by atoms with Gasteiger partial charge in [-0.1, -0.05) is 56.3 Å². The number of benzene rings is 2. The van der Waals surface area contributed by atoms with Gasteiger partial charge >= 0.3 is 0 Å². The van der Waals surface area contributed by atoms with E-state index in [1.165, 1.54) is 11.6 Å². The molecule has 1 atom stereocenters. The second-order valence-corrected chi connectivity index (χ2v) is 6.52. The van der Waals surface area contributed by atoms with Crippen molar-refractivity contribution in [1.82, 2.24) is 5.43 Å². The smallest absolute Gasteiger partial charge is 0.137 e. The fourth-order valence-electron chi connectivity index (χ4n) is 2.52. The first-order chi connectivity index (χ1) is 9.96. The van der Waals surface area contributed by atoms with Crippen molar-refractivity contribution in [3.05, 3.63) is 69.9 Å². The molecule has 4 heteroatoms. The molecule has 0 fully saturated rings. The summed E-state index contributed by atoms with van der Waals surface area (Å²) in [4.78, 5) is 0. The van der Waals surface area contributed by atoms with Gasteiger partial charge in [0.25, 0.3) is 0 Å². The van der Waals surface area contributed by atoms with Crippen LogP contribution in [0.1, 0.15) is 25.0 Å². The lowest BCUT2D eigenvalue weighted by molar-refractivity contribution is 0.341. The molecule has 0 amide bonds. The van der Waals surface area contributed by atoms with Crippen molar-refractivity contribution >= 4 is 15.9 Å². The van der Waals surface area contributed by atoms with Crippen molar-refractivity contribution in [2.24, 2.45) is 5.84 Å². The van der Waals surface area contributed by atoms with Gasteiger partial charge in [0.15, 0.2) is 0 Å². The van der Waals surface area contributed by atoms with E-state index in [4.69, 9.17) is 5.84 Å². The first kappa shape index (κ1) is 16.1. The van der Waals surface area contributed by atoms with Gasteiger partial charge in [-0.25, -0.2) is 4.39 Å². The third kappa shape index (κ3) is 3.51. The zero-order valence-electron chi connectivity index (χ0n) is 12.2. The second kappa shape index (κ2) is 6.69. The van der Waals surface area contributed by atoms with Gasteiger partial charge in [-0.3, -0.25) is 11.3 Å². The van der Waals surface area contributed by atoms with Crippen molar-refractivity contribution in [3.8, 4) is 0 Å². The number of hydrazine groups is 1. The van der Waals surface area contributed by atoms with E-state index >= 15 is 0 Å². The van der Waals surface area contributed by atoms with Crippen molar-refractivity contribution < 1.29 is 4.39 Å². The number of halogens is 2. The van der Waals surface area contributed by atoms with Gasteiger partial charge in [0.05, 0.1) is 4.47 Å². The normalized spacial score (nSPS) is 13.2. The van der Waals surface area contributed by atoms with E-state index in [1.807, 2.05) is 24.3 Å². The molecule has 0 aliphatic carbocycles. The van der Waals surface area contributed by atoms with Crippen LogP contribution >= 0.6 is 15.9 Å². The molecule has 3 N–H and O–H groups in total. The highest BCUT2D eigenvalue weighted by Crippen LogP contribution is 2.30. The van der Waals surface area contributed by atoms with Crippen LogP contribution in [0.5, 0.6) is 0 Å². The van der Waals surface area contributed by atoms with E-state index < -0.39 is 0 Å². The molecule has 0 aliphatic heterocycles. The highest BCUT2D eigenvalue weighted by Gasteiger charge is 2.31. The third-order valence-corrected chi connectivity index (χ3v) is 4.93. The second-order valence-electron chi connectivity index (χ2n) is 5.72. The zero-order chi connectivity index (χ0) is 15.5. The van der Waals surface area contributed by atoms with Crippen LogP contribution in [0.3, 0.4) is 0 Å². The Balaban J connectivity index is 2.29. The van der Waals surface area contributed by atoms with Crippen LogP contribution in [0.4, 0.5) is 4.39 Å². The number of hydrogen-bond donors (Lipinski definition) is 2. The summed E-state index contributed by atoms with van der Waals surface area (Å²) < 4.78 is 14.2. The lowest BCUT2D eigenvalue weighted by Gasteiger charge is -2.35. The fourth-order valence-corrected chi connectivity index (χ4v) is 2.94. The summed E-state index contributed by atoms with van der Waals surface area (Å²) in [6.07, 6.45) is 0.636. The minimum absolute atomic E-state index is 0.0157. The van der Waals surface area contributed by atoms with E-state index in [9.17, 15) is 4.39 Å². The van der Waals surface area contributed by atoms with Crippen LogP contribution < -0.4 is 11.3 Å². The van der Waals surface area contributed by atoms with Crippen LogP contribution in [0.2, 0.25) is 0 Å². The highest BCUT2D eigenvalue weighted by atomic mass is 79.9. The molecule has 0 bridgehead atoms. The summed E-state index contributed by atoms with van der Waals surface area (Å²) in [5, 5.41) is 0. The van der Waals surface area contributed by atoms with E-state index in [0.29, 0.717) is 10.9 Å². The Labute approximate surface area is 133 Å². The number of rotatable bonds is 5. The van der Waals surface area contributed by atoms with Crippen molar-refractivity contribution in [2.75, 3.05) is 0 Å². The van der Waals surface area contributed by atoms with Crippen LogP contribution in [0.25, 0.3) is 0 Å². The molecule has 2 aromatic carbocycles. The molecule has 21 heavy (non-hydrogen) atoms. The van der Waals surface area contributed by atoms with Gasteiger partial charge in [0.2, 0.25) is 0 Å². The van der Waals surface area contributed by atoms with Crippen LogP contribution in [-0.2, 0) is 11.8 Å². The van der Waals surface area contributed by atoms with Gasteiger partial charge < -0.3 is 0 Å². The van der Waals surface area contributed by atoms with Gasteiger partial charge in [-0.2, -0.15) is 0 Å². The lowest BCUT2D eigenvalue weighted by atomic mass is 9.76. The average molecular weight is 351 g/mol. The van der Waals surface area contributed by atoms with Gasteiger partial charge in [-0.05, 0) is 39.5 Å². The maximum absolute atomic E-state index is 13.7. The van der Waals surface area contributed by atoms with Crippen molar-refractivity contribution in [2.45, 2.75) is 31.7 Å². The van der Waals surface area contributed by atoms with Crippen LogP contribution in [0, 0.1) is 5.82 Å². The molecule has 0 saturated heterocycles. The maximum Gasteiger partial charge on any atom is 0.137 e. The maximum atomic E-state index is 13.7. The predicted octanol–water partition coefficient (Wildman–Crippen LogP) is 3.94. The molecule has 0 saturated carbocycles. The SMILES string of the molecule is CC(C)(c1ccccc1)C(Cc1cccc(F)c1Br)NN. The molecular formula is C17H20BrFN2. The lowest BCUT2D eigenvalue weighted by Crippen LogP contribution is -2.49. The molecular weight excluding hydrogens is 331 g/mol. The highest BCUT2D eigenvalue weighted by molar-refractivity contribution is 9.10. The Morgan fingerprint density at radius 3 is 2.43 bits per heavy atom. The summed E-state index contributed by atoms with van der Waals surface area (Å²) in [5.74, 6) is 5.52. The Morgan fingerprint density at radius 2 is 1.81 bits per heavy atom. The number of hydrogen-bond acceptors (Lipinski definition) is 2. The summed E-state index contributed by atoms with van der Waals surface area (Å²) >= 11 is 3.32. The number of nitrogens with one attached hydrogen (secondary N) is 1. The molecule has 0 heterocycles. The topological polar surface area (TPSA) is 38.0 Å². The molecule has 0 aliphatic rings. The first-order valence-electron chi connectivity index (χ1n) is 6.91. The average Bonchev–Trinajstić information content (AvgIpc) is 2.49. The number of nitrogens with two attached hydrogens (primary N) is 1. The quantitative estimate of drug-likeness (QED) is 0.633. The Kier molecular flexibility index (Phi) is 5.14. The minimum atomic E-state index is -0.249. The predicted molar refractivity (Wildman–Crippen MR) is 88.4 cm³/mol. The summed E-state index contributed by atoms with van der Waals surface area (Å²) in [6, 6.07) is 15.3. The Hall–Kier alpha value is -1.23. The minimum Gasteiger partial charge on any atom is -0.271 e. The van der Waals surface area contributed by atoms with Gasteiger partial charge in [0, 0.05) is 11.5 Å². The summed E-state index contributed by atoms with van der Waals surface area (Å²) in [7, 11) is 0. The molecule has 2 rings (SSSR count). The van der Waals surface area contributed by atoms with E-state index in [0.717, 1.165) is 5.56 Å². The van der Waals surface area contributed by atoms with Crippen molar-refractivity contribution in [1.29, 1.82) is 0 Å². The molecule has 0 aromatic heterocycles. The molecule has 0 spiro atoms. The molecule has 112 valence electrons. The van der Waals surface area contributed by atoms with E-state index in [2.05, 4.69) is 47.3 Å². The molecule has 1 unspecified atom stereocenters. The first-order valence-corrected chi connectivity index (χ1v) is 7.70. The van der Waals surface area contributed by atoms with Gasteiger partial charge in [0.1, 0.15) is 5.82 Å². The molecule has 0 radical (unpaired) electrons. The van der Waals surface area contributed by atoms with Crippen molar-refractivity contribution in [3.63, 3.8) is 0 Å². The van der Waals surface area contributed by atoms with Crippen LogP contribution in [-0.4, -0.2) is 6.04 Å². The Morgan fingerprint density at radius 1 is 1.14 bits per heavy atom. The summed E-state index contributed by atoms with van der Waals surface area (Å²) in [5.41, 5.74) is 4.81.